The van der Waals surface area contributed by atoms with Crippen LogP contribution >= 0.6 is 23.2 Å². The minimum Gasteiger partial charge on any atom is -0.478 e. The number of fused-ring (bicyclic) bond motifs is 2. The van der Waals surface area contributed by atoms with Gasteiger partial charge in [-0.2, -0.15) is 0 Å². The molecule has 8 heteroatoms. The molecule has 0 spiro atoms. The van der Waals surface area contributed by atoms with Gasteiger partial charge in [0.15, 0.2) is 11.5 Å². The van der Waals surface area contributed by atoms with Gasteiger partial charge in [0, 0.05) is 12.6 Å². The van der Waals surface area contributed by atoms with Gasteiger partial charge in [-0.1, -0.05) is 35.3 Å². The minimum atomic E-state index is -1.15. The minimum absolute atomic E-state index is 0.0366. The summed E-state index contributed by atoms with van der Waals surface area (Å²) in [5.74, 6) is -0.702. The fourth-order valence-electron chi connectivity index (χ4n) is 3.42. The third kappa shape index (κ3) is 4.31. The summed E-state index contributed by atoms with van der Waals surface area (Å²) in [7, 11) is 1.48. The topological polar surface area (TPSA) is 87.7 Å². The molecule has 4 rings (SSSR count). The molecule has 0 atom stereocenters. The highest BCUT2D eigenvalue weighted by Crippen LogP contribution is 2.44. The number of benzene rings is 3. The van der Waals surface area contributed by atoms with E-state index < -0.39 is 11.9 Å². The summed E-state index contributed by atoms with van der Waals surface area (Å²) in [5, 5.41) is 16.2. The van der Waals surface area contributed by atoms with Crippen molar-refractivity contribution in [1.29, 1.82) is 0 Å². The Kier molecular flexibility index (Phi) is 5.76. The first-order chi connectivity index (χ1) is 14.9. The Labute approximate surface area is 188 Å². The highest BCUT2D eigenvalue weighted by Gasteiger charge is 2.25. The maximum absolute atomic E-state index is 12.0. The van der Waals surface area contributed by atoms with E-state index in [-0.39, 0.29) is 16.9 Å². The molecule has 0 radical (unpaired) electrons. The van der Waals surface area contributed by atoms with Crippen molar-refractivity contribution in [3.05, 3.63) is 80.8 Å². The molecule has 0 bridgehead atoms. The van der Waals surface area contributed by atoms with E-state index in [9.17, 15) is 14.7 Å². The Morgan fingerprint density at radius 2 is 1.68 bits per heavy atom. The summed E-state index contributed by atoms with van der Waals surface area (Å²) in [6.07, 6.45) is 1.52. The lowest BCUT2D eigenvalue weighted by Gasteiger charge is -2.24. The highest BCUT2D eigenvalue weighted by atomic mass is 35.5. The van der Waals surface area contributed by atoms with Gasteiger partial charge in [0.2, 0.25) is 0 Å². The molecule has 1 aliphatic rings. The van der Waals surface area contributed by atoms with Gasteiger partial charge in [-0.15, -0.1) is 0 Å². The van der Waals surface area contributed by atoms with Crippen LogP contribution in [0, 0.1) is 0 Å². The van der Waals surface area contributed by atoms with Crippen LogP contribution in [0.1, 0.15) is 31.8 Å². The second-order valence-corrected chi connectivity index (χ2v) is 7.90. The van der Waals surface area contributed by atoms with Crippen molar-refractivity contribution in [2.45, 2.75) is 12.8 Å². The van der Waals surface area contributed by atoms with Crippen molar-refractivity contribution in [3.8, 4) is 11.5 Å². The first-order valence-electron chi connectivity index (χ1n) is 9.51. The van der Waals surface area contributed by atoms with Crippen LogP contribution in [-0.4, -0.2) is 24.0 Å². The van der Waals surface area contributed by atoms with Crippen LogP contribution in [0.2, 0.25) is 10.0 Å². The number of ether oxygens (including phenoxy) is 1. The molecule has 0 aliphatic carbocycles. The van der Waals surface area contributed by atoms with Gasteiger partial charge in [0.25, 0.3) is 5.91 Å². The number of carboxylic acids is 1. The number of hydrogen-bond acceptors (Lipinski definition) is 4. The Hall–Kier alpha value is -3.22. The van der Waals surface area contributed by atoms with Crippen LogP contribution in [0.5, 0.6) is 11.5 Å². The molecule has 6 nitrogen and oxygen atoms in total. The van der Waals surface area contributed by atoms with E-state index in [1.807, 2.05) is 30.3 Å². The van der Waals surface area contributed by atoms with E-state index >= 15 is 0 Å². The van der Waals surface area contributed by atoms with Crippen molar-refractivity contribution in [2.24, 2.45) is 0 Å². The normalized spacial score (nSPS) is 11.6. The number of aryl methyl sites for hydroxylation is 2. The highest BCUT2D eigenvalue weighted by molar-refractivity contribution is 6.42. The third-order valence-electron chi connectivity index (χ3n) is 5.03. The van der Waals surface area contributed by atoms with E-state index in [1.54, 1.807) is 6.07 Å². The second kappa shape index (κ2) is 8.49. The monoisotopic (exact) mass is 456 g/mol. The molecule has 0 fully saturated rings. The van der Waals surface area contributed by atoms with Gasteiger partial charge in [-0.25, -0.2) is 4.79 Å². The van der Waals surface area contributed by atoms with Crippen LogP contribution in [-0.2, 0) is 12.8 Å². The van der Waals surface area contributed by atoms with Crippen LogP contribution in [0.4, 0.5) is 11.4 Å². The molecule has 0 saturated carbocycles. The standard InChI is InChI=1S/C23H18Cl2N2O4/c1-26-22(28)14-10-15(23(29)30)21-20(11-14)31-19-9-13(5-7-18(19)27-21)3-2-12-4-6-16(24)17(25)8-12/h4-11,27H,2-3H2,1H3,(H,26,28)(H,29,30). The lowest BCUT2D eigenvalue weighted by Crippen LogP contribution is -2.19. The lowest BCUT2D eigenvalue weighted by atomic mass is 10.0. The number of carboxylic acid groups (broad SMARTS) is 1. The van der Waals surface area contributed by atoms with Gasteiger partial charge in [-0.3, -0.25) is 4.79 Å². The van der Waals surface area contributed by atoms with E-state index in [4.69, 9.17) is 27.9 Å². The molecular formula is C23H18Cl2N2O4. The van der Waals surface area contributed by atoms with Crippen molar-refractivity contribution in [2.75, 3.05) is 12.4 Å². The van der Waals surface area contributed by atoms with Crippen LogP contribution in [0.25, 0.3) is 0 Å². The Bertz CT molecular complexity index is 1210. The number of aromatic carboxylic acids is 1. The summed E-state index contributed by atoms with van der Waals surface area (Å²) in [5.41, 5.74) is 3.25. The zero-order chi connectivity index (χ0) is 22.1. The Morgan fingerprint density at radius 3 is 2.35 bits per heavy atom. The average molecular weight is 457 g/mol. The molecule has 1 amide bonds. The van der Waals surface area contributed by atoms with Crippen molar-refractivity contribution in [1.82, 2.24) is 5.32 Å². The SMILES string of the molecule is CNC(=O)c1cc2c(c(C(=O)O)c1)Nc1ccc(CCc3ccc(Cl)c(Cl)c3)cc1O2. The van der Waals surface area contributed by atoms with Gasteiger partial charge in [0.1, 0.15) is 0 Å². The first-order valence-corrected chi connectivity index (χ1v) is 10.3. The number of carbonyl (C=O) groups is 2. The summed E-state index contributed by atoms with van der Waals surface area (Å²) in [6, 6.07) is 14.1. The molecular weight excluding hydrogens is 439 g/mol. The maximum Gasteiger partial charge on any atom is 0.337 e. The summed E-state index contributed by atoms with van der Waals surface area (Å²) < 4.78 is 5.99. The van der Waals surface area contributed by atoms with Crippen molar-refractivity contribution < 1.29 is 19.4 Å². The van der Waals surface area contributed by atoms with Gasteiger partial charge < -0.3 is 20.5 Å². The molecule has 0 aromatic heterocycles. The van der Waals surface area contributed by atoms with Gasteiger partial charge >= 0.3 is 5.97 Å². The number of nitrogens with one attached hydrogen (secondary N) is 2. The molecule has 3 aromatic rings. The smallest absolute Gasteiger partial charge is 0.337 e. The number of halogens is 2. The van der Waals surface area contributed by atoms with Gasteiger partial charge in [-0.05, 0) is 60.4 Å². The predicted octanol–water partition coefficient (Wildman–Crippen LogP) is 5.69. The number of rotatable bonds is 5. The predicted molar refractivity (Wildman–Crippen MR) is 120 cm³/mol. The third-order valence-corrected chi connectivity index (χ3v) is 5.77. The average Bonchev–Trinajstić information content (AvgIpc) is 2.76. The lowest BCUT2D eigenvalue weighted by molar-refractivity contribution is 0.0697. The zero-order valence-corrected chi connectivity index (χ0v) is 18.0. The molecule has 0 unspecified atom stereocenters. The molecule has 3 N–H and O–H groups in total. The molecule has 158 valence electrons. The zero-order valence-electron chi connectivity index (χ0n) is 16.5. The molecule has 1 aliphatic heterocycles. The van der Waals surface area contributed by atoms with E-state index in [0.29, 0.717) is 27.2 Å². The Balaban J connectivity index is 1.60. The number of anilines is 2. The second-order valence-electron chi connectivity index (χ2n) is 7.09. The fourth-order valence-corrected chi connectivity index (χ4v) is 3.74. The van der Waals surface area contributed by atoms with E-state index in [2.05, 4.69) is 10.6 Å². The largest absolute Gasteiger partial charge is 0.478 e. The summed E-state index contributed by atoms with van der Waals surface area (Å²) in [6.45, 7) is 0. The Morgan fingerprint density at radius 1 is 0.968 bits per heavy atom. The summed E-state index contributed by atoms with van der Waals surface area (Å²) >= 11 is 12.1. The van der Waals surface area contributed by atoms with Crippen LogP contribution in [0.3, 0.4) is 0 Å². The van der Waals surface area contributed by atoms with E-state index in [0.717, 1.165) is 24.0 Å². The fraction of sp³-hybridized carbons (Fsp3) is 0.130. The van der Waals surface area contributed by atoms with Crippen LogP contribution in [0.15, 0.2) is 48.5 Å². The molecule has 1 heterocycles. The van der Waals surface area contributed by atoms with Crippen molar-refractivity contribution in [3.63, 3.8) is 0 Å². The number of hydrogen-bond donors (Lipinski definition) is 3. The first kappa shape index (κ1) is 21.0. The van der Waals surface area contributed by atoms with Crippen molar-refractivity contribution >= 4 is 46.5 Å². The maximum atomic E-state index is 12.0. The molecule has 31 heavy (non-hydrogen) atoms. The van der Waals surface area contributed by atoms with Crippen LogP contribution < -0.4 is 15.4 Å². The number of amides is 1. The summed E-state index contributed by atoms with van der Waals surface area (Å²) in [4.78, 5) is 23.8. The molecule has 3 aromatic carbocycles. The number of carbonyl (C=O) groups excluding carboxylic acids is 1. The van der Waals surface area contributed by atoms with E-state index in [1.165, 1.54) is 19.2 Å². The quantitative estimate of drug-likeness (QED) is 0.359. The molecule has 0 saturated heterocycles. The van der Waals surface area contributed by atoms with Gasteiger partial charge in [0.05, 0.1) is 27.0 Å².